The van der Waals surface area contributed by atoms with Crippen molar-refractivity contribution < 1.29 is 9.53 Å². The highest BCUT2D eigenvalue weighted by Gasteiger charge is 2.19. The molecule has 90 valence electrons. The average Bonchev–Trinajstić information content (AvgIpc) is 2.77. The number of methoxy groups -OCH3 is 1. The van der Waals surface area contributed by atoms with Gasteiger partial charge in [-0.15, -0.1) is 0 Å². The molecular weight excluding hydrogens is 218 g/mol. The number of amidine groups is 1. The van der Waals surface area contributed by atoms with Crippen LogP contribution in [0.1, 0.15) is 6.92 Å². The van der Waals surface area contributed by atoms with E-state index in [1.165, 1.54) is 0 Å². The van der Waals surface area contributed by atoms with Crippen molar-refractivity contribution in [1.29, 1.82) is 0 Å². The second-order valence-electron chi connectivity index (χ2n) is 3.92. The number of carbonyl (C=O) groups is 1. The van der Waals surface area contributed by atoms with Gasteiger partial charge in [0.2, 0.25) is 0 Å². The minimum atomic E-state index is -0.209. The molecule has 1 aliphatic heterocycles. The zero-order valence-corrected chi connectivity index (χ0v) is 9.86. The molecule has 1 atom stereocenters. The van der Waals surface area contributed by atoms with Gasteiger partial charge >= 0.3 is 0 Å². The highest BCUT2D eigenvalue weighted by atomic mass is 16.5. The molecule has 2 rings (SSSR count). The van der Waals surface area contributed by atoms with Crippen molar-refractivity contribution in [1.82, 2.24) is 5.32 Å². The largest absolute Gasteiger partial charge is 0.497 e. The van der Waals surface area contributed by atoms with Gasteiger partial charge in [0.15, 0.2) is 5.84 Å². The Morgan fingerprint density at radius 2 is 2.18 bits per heavy atom. The van der Waals surface area contributed by atoms with Crippen LogP contribution < -0.4 is 15.4 Å². The number of rotatable bonds is 3. The van der Waals surface area contributed by atoms with Crippen molar-refractivity contribution in [3.63, 3.8) is 0 Å². The fourth-order valence-electron chi connectivity index (χ4n) is 1.55. The molecule has 1 heterocycles. The maximum atomic E-state index is 11.8. The summed E-state index contributed by atoms with van der Waals surface area (Å²) >= 11 is 0. The molecule has 0 radical (unpaired) electrons. The number of nitrogens with one attached hydrogen (secondary N) is 2. The first-order chi connectivity index (χ1) is 8.19. The Hall–Kier alpha value is -2.04. The van der Waals surface area contributed by atoms with Gasteiger partial charge < -0.3 is 15.4 Å². The topological polar surface area (TPSA) is 62.7 Å². The number of hydrogen-bond donors (Lipinski definition) is 2. The lowest BCUT2D eigenvalue weighted by Crippen LogP contribution is -2.36. The number of nitrogens with zero attached hydrogens (tertiary/aromatic N) is 1. The van der Waals surface area contributed by atoms with Crippen molar-refractivity contribution >= 4 is 17.4 Å². The molecule has 0 saturated carbocycles. The third-order valence-corrected chi connectivity index (χ3v) is 2.47. The fourth-order valence-corrected chi connectivity index (χ4v) is 1.55. The lowest BCUT2D eigenvalue weighted by atomic mass is 10.3. The van der Waals surface area contributed by atoms with E-state index < -0.39 is 0 Å². The molecule has 0 aromatic heterocycles. The first-order valence-electron chi connectivity index (χ1n) is 5.45. The molecule has 1 aromatic rings. The first-order valence-corrected chi connectivity index (χ1v) is 5.45. The number of carbonyl (C=O) groups excluding carboxylic acids is 1. The third kappa shape index (κ3) is 2.75. The Balaban J connectivity index is 1.98. The molecule has 1 unspecified atom stereocenters. The number of hydrogen-bond acceptors (Lipinski definition) is 4. The van der Waals surface area contributed by atoms with E-state index in [4.69, 9.17) is 4.74 Å². The van der Waals surface area contributed by atoms with Gasteiger partial charge in [-0.25, -0.2) is 0 Å². The zero-order valence-electron chi connectivity index (χ0n) is 9.86. The molecule has 1 aromatic carbocycles. The monoisotopic (exact) mass is 233 g/mol. The van der Waals surface area contributed by atoms with Crippen LogP contribution in [0.5, 0.6) is 5.75 Å². The Kier molecular flexibility index (Phi) is 3.27. The highest BCUT2D eigenvalue weighted by molar-refractivity contribution is 6.42. The molecule has 5 heteroatoms. The summed E-state index contributed by atoms with van der Waals surface area (Å²) in [6, 6.07) is 7.39. The van der Waals surface area contributed by atoms with Crippen molar-refractivity contribution in [2.75, 3.05) is 19.0 Å². The maximum absolute atomic E-state index is 11.8. The van der Waals surface area contributed by atoms with E-state index in [-0.39, 0.29) is 11.9 Å². The van der Waals surface area contributed by atoms with Crippen LogP contribution in [0.4, 0.5) is 5.69 Å². The summed E-state index contributed by atoms with van der Waals surface area (Å²) < 4.78 is 5.04. The quantitative estimate of drug-likeness (QED) is 0.819. The zero-order chi connectivity index (χ0) is 12.3. The van der Waals surface area contributed by atoms with Crippen LogP contribution in [-0.2, 0) is 4.79 Å². The average molecular weight is 233 g/mol. The lowest BCUT2D eigenvalue weighted by Gasteiger charge is -2.07. The van der Waals surface area contributed by atoms with Crippen LogP contribution >= 0.6 is 0 Å². The molecule has 1 amide bonds. The summed E-state index contributed by atoms with van der Waals surface area (Å²) in [6.45, 7) is 2.63. The van der Waals surface area contributed by atoms with Gasteiger partial charge in [0.05, 0.1) is 13.7 Å². The molecular formula is C12H15N3O2. The van der Waals surface area contributed by atoms with Gasteiger partial charge in [-0.1, -0.05) is 0 Å². The van der Waals surface area contributed by atoms with Crippen molar-refractivity contribution in [2.45, 2.75) is 13.0 Å². The molecule has 1 aliphatic rings. The number of aliphatic imine (C=N–C) groups is 1. The molecule has 5 nitrogen and oxygen atoms in total. The second kappa shape index (κ2) is 4.86. The minimum Gasteiger partial charge on any atom is -0.497 e. The summed E-state index contributed by atoms with van der Waals surface area (Å²) in [4.78, 5) is 15.9. The highest BCUT2D eigenvalue weighted by Crippen LogP contribution is 2.15. The first kappa shape index (κ1) is 11.4. The molecule has 17 heavy (non-hydrogen) atoms. The molecule has 0 aliphatic carbocycles. The number of benzene rings is 1. The predicted octanol–water partition coefficient (Wildman–Crippen LogP) is 1.02. The van der Waals surface area contributed by atoms with E-state index in [0.717, 1.165) is 11.4 Å². The van der Waals surface area contributed by atoms with Crippen LogP contribution in [0.3, 0.4) is 0 Å². The van der Waals surface area contributed by atoms with Crippen LogP contribution in [-0.4, -0.2) is 31.4 Å². The minimum absolute atomic E-state index is 0.209. The standard InChI is InChI=1S/C12H15N3O2/c1-8-7-13-11(14-8)12(16)15-9-3-5-10(17-2)6-4-9/h3-6,8H,7H2,1-2H3,(H,13,14)(H,15,16). The molecule has 0 bridgehead atoms. The van der Waals surface area contributed by atoms with Gasteiger partial charge in [-0.3, -0.25) is 9.79 Å². The van der Waals surface area contributed by atoms with E-state index in [2.05, 4.69) is 15.6 Å². The van der Waals surface area contributed by atoms with E-state index in [1.807, 2.05) is 6.92 Å². The van der Waals surface area contributed by atoms with E-state index in [1.54, 1.807) is 31.4 Å². The third-order valence-electron chi connectivity index (χ3n) is 2.47. The SMILES string of the molecule is COc1ccc(NC(=O)C2=NCC(C)N2)cc1. The van der Waals surface area contributed by atoms with Gasteiger partial charge in [-0.05, 0) is 31.2 Å². The predicted molar refractivity (Wildman–Crippen MR) is 66.5 cm³/mol. The fraction of sp³-hybridized carbons (Fsp3) is 0.333. The Bertz CT molecular complexity index is 440. The number of ether oxygens (including phenoxy) is 1. The molecule has 0 spiro atoms. The maximum Gasteiger partial charge on any atom is 0.290 e. The van der Waals surface area contributed by atoms with E-state index in [9.17, 15) is 4.79 Å². The number of anilines is 1. The van der Waals surface area contributed by atoms with Crippen LogP contribution in [0.15, 0.2) is 29.3 Å². The van der Waals surface area contributed by atoms with Gasteiger partial charge in [0, 0.05) is 11.7 Å². The summed E-state index contributed by atoms with van der Waals surface area (Å²) in [6.07, 6.45) is 0. The molecule has 0 fully saturated rings. The normalized spacial score (nSPS) is 18.2. The van der Waals surface area contributed by atoms with Crippen LogP contribution in [0.2, 0.25) is 0 Å². The lowest BCUT2D eigenvalue weighted by molar-refractivity contribution is -0.110. The van der Waals surface area contributed by atoms with Gasteiger partial charge in [0.1, 0.15) is 5.75 Å². The smallest absolute Gasteiger partial charge is 0.290 e. The van der Waals surface area contributed by atoms with Crippen LogP contribution in [0, 0.1) is 0 Å². The summed E-state index contributed by atoms with van der Waals surface area (Å²) in [5.41, 5.74) is 0.722. The Labute approximate surface area is 99.9 Å². The molecule has 2 N–H and O–H groups in total. The van der Waals surface area contributed by atoms with E-state index in [0.29, 0.717) is 12.4 Å². The Morgan fingerprint density at radius 1 is 1.47 bits per heavy atom. The summed E-state index contributed by atoms with van der Waals surface area (Å²) in [5, 5.41) is 5.78. The van der Waals surface area contributed by atoms with Gasteiger partial charge in [-0.2, -0.15) is 0 Å². The number of amides is 1. The van der Waals surface area contributed by atoms with E-state index >= 15 is 0 Å². The van der Waals surface area contributed by atoms with Crippen molar-refractivity contribution in [3.05, 3.63) is 24.3 Å². The molecule has 0 saturated heterocycles. The summed E-state index contributed by atoms with van der Waals surface area (Å²) in [7, 11) is 1.60. The summed E-state index contributed by atoms with van der Waals surface area (Å²) in [5.74, 6) is 0.945. The second-order valence-corrected chi connectivity index (χ2v) is 3.92. The van der Waals surface area contributed by atoms with Gasteiger partial charge in [0.25, 0.3) is 5.91 Å². The van der Waals surface area contributed by atoms with Crippen molar-refractivity contribution in [3.8, 4) is 5.75 Å². The van der Waals surface area contributed by atoms with Crippen LogP contribution in [0.25, 0.3) is 0 Å². The van der Waals surface area contributed by atoms with Crippen molar-refractivity contribution in [2.24, 2.45) is 4.99 Å². The Morgan fingerprint density at radius 3 is 2.71 bits per heavy atom.